The first kappa shape index (κ1) is 32.9. The molecule has 0 bridgehead atoms. The third kappa shape index (κ3) is 7.48. The van der Waals surface area contributed by atoms with Gasteiger partial charge in [0.15, 0.2) is 0 Å². The molecule has 1 aromatic carbocycles. The first-order valence-electron chi connectivity index (χ1n) is 16.0. The number of pyridine rings is 1. The fourth-order valence-electron chi connectivity index (χ4n) is 6.85. The molecule has 5 rings (SSSR count). The molecule has 2 saturated heterocycles. The van der Waals surface area contributed by atoms with E-state index in [-0.39, 0.29) is 53.2 Å². The number of piperazine rings is 1. The number of rotatable bonds is 6. The summed E-state index contributed by atoms with van der Waals surface area (Å²) in [4.78, 5) is 52.7. The van der Waals surface area contributed by atoms with Gasteiger partial charge in [-0.1, -0.05) is 39.8 Å². The van der Waals surface area contributed by atoms with Crippen LogP contribution in [0.5, 0.6) is 0 Å². The fourth-order valence-corrected chi connectivity index (χ4v) is 6.85. The summed E-state index contributed by atoms with van der Waals surface area (Å²) in [5.74, 6) is -0.219. The molecule has 2 fully saturated rings. The normalized spacial score (nSPS) is 23.0. The number of amides is 3. The molecule has 2 atom stereocenters. The summed E-state index contributed by atoms with van der Waals surface area (Å²) >= 11 is 0. The van der Waals surface area contributed by atoms with E-state index >= 15 is 0 Å². The standard InChI is InChI=1S/C35H48FN5O4/c1-23-17-38(27(18-39-21-34(5,6)15-29(39)42)19-40(23)32(44)45-33(2,3)4)20-30(43)41-22-35(7,8)31-28(41)14-25(16-37-31)13-24-9-11-26(36)12-10-24/h9-12,14,16,23,27H,13,15,17-22H2,1-8H3/t23-,27+/m1/s1. The van der Waals surface area contributed by atoms with E-state index in [1.54, 1.807) is 17.0 Å². The summed E-state index contributed by atoms with van der Waals surface area (Å²) in [6, 6.07) is 8.05. The van der Waals surface area contributed by atoms with Crippen LogP contribution in [-0.4, -0.2) is 94.5 Å². The minimum absolute atomic E-state index is 0.0430. The molecule has 3 aliphatic rings. The number of hydrogen-bond donors (Lipinski definition) is 0. The quantitative estimate of drug-likeness (QED) is 0.451. The second kappa shape index (κ2) is 12.0. The number of ether oxygens (including phenoxy) is 1. The molecule has 0 N–H and O–H groups in total. The van der Waals surface area contributed by atoms with E-state index in [1.165, 1.54) is 12.1 Å². The SMILES string of the molecule is C[C@@H]1CN(CC(=O)N2CC(C)(C)c3ncc(Cc4ccc(F)cc4)cc32)[C@@H](CN2CC(C)(C)CC2=O)CN1C(=O)OC(C)(C)C. The van der Waals surface area contributed by atoms with Crippen LogP contribution < -0.4 is 4.90 Å². The molecule has 0 unspecified atom stereocenters. The Bertz CT molecular complexity index is 1450. The van der Waals surface area contributed by atoms with Crippen molar-refractivity contribution in [2.75, 3.05) is 44.2 Å². The Balaban J connectivity index is 1.37. The molecule has 3 amide bonds. The monoisotopic (exact) mass is 621 g/mol. The number of carbonyl (C=O) groups excluding carboxylic acids is 3. The summed E-state index contributed by atoms with van der Waals surface area (Å²) in [6.07, 6.45) is 2.53. The molecule has 0 radical (unpaired) electrons. The van der Waals surface area contributed by atoms with Crippen molar-refractivity contribution in [3.63, 3.8) is 0 Å². The number of halogens is 1. The fraction of sp³-hybridized carbons (Fsp3) is 0.600. The van der Waals surface area contributed by atoms with Crippen LogP contribution in [0.15, 0.2) is 36.5 Å². The molecule has 9 nitrogen and oxygen atoms in total. The van der Waals surface area contributed by atoms with Gasteiger partial charge in [-0.05, 0) is 68.9 Å². The Labute approximate surface area is 266 Å². The van der Waals surface area contributed by atoms with Crippen LogP contribution in [0.3, 0.4) is 0 Å². The number of aromatic nitrogens is 1. The average molecular weight is 622 g/mol. The molecule has 2 aromatic rings. The lowest BCUT2D eigenvalue weighted by Crippen LogP contribution is -2.63. The van der Waals surface area contributed by atoms with Gasteiger partial charge in [-0.2, -0.15) is 0 Å². The lowest BCUT2D eigenvalue weighted by atomic mass is 9.91. The van der Waals surface area contributed by atoms with Gasteiger partial charge < -0.3 is 19.4 Å². The second-order valence-corrected chi connectivity index (χ2v) is 15.6. The molecular formula is C35H48FN5O4. The van der Waals surface area contributed by atoms with E-state index in [2.05, 4.69) is 32.6 Å². The van der Waals surface area contributed by atoms with Crippen LogP contribution in [0.25, 0.3) is 0 Å². The Kier molecular flexibility index (Phi) is 8.76. The van der Waals surface area contributed by atoms with Gasteiger partial charge in [0, 0.05) is 62.8 Å². The topological polar surface area (TPSA) is 86.3 Å². The lowest BCUT2D eigenvalue weighted by molar-refractivity contribution is -0.129. The highest BCUT2D eigenvalue weighted by molar-refractivity contribution is 5.97. The van der Waals surface area contributed by atoms with Crippen molar-refractivity contribution >= 4 is 23.6 Å². The number of fused-ring (bicyclic) bond motifs is 1. The predicted octanol–water partition coefficient (Wildman–Crippen LogP) is 5.00. The largest absolute Gasteiger partial charge is 0.444 e. The Morgan fingerprint density at radius 3 is 2.36 bits per heavy atom. The highest BCUT2D eigenvalue weighted by Crippen LogP contribution is 2.40. The van der Waals surface area contributed by atoms with Gasteiger partial charge in [-0.15, -0.1) is 0 Å². The minimum atomic E-state index is -0.631. The van der Waals surface area contributed by atoms with E-state index in [0.717, 1.165) is 22.5 Å². The van der Waals surface area contributed by atoms with Gasteiger partial charge in [0.05, 0.1) is 17.9 Å². The molecule has 244 valence electrons. The first-order valence-corrected chi connectivity index (χ1v) is 16.0. The van der Waals surface area contributed by atoms with E-state index in [9.17, 15) is 18.8 Å². The number of likely N-dealkylation sites (tertiary alicyclic amines) is 1. The zero-order chi connectivity index (χ0) is 32.9. The molecule has 45 heavy (non-hydrogen) atoms. The van der Waals surface area contributed by atoms with Gasteiger partial charge in [0.1, 0.15) is 11.4 Å². The number of anilines is 1. The van der Waals surface area contributed by atoms with Crippen molar-refractivity contribution in [3.05, 3.63) is 59.2 Å². The summed E-state index contributed by atoms with van der Waals surface area (Å²) in [7, 11) is 0. The summed E-state index contributed by atoms with van der Waals surface area (Å²) in [6.45, 7) is 18.5. The van der Waals surface area contributed by atoms with Gasteiger partial charge in [-0.25, -0.2) is 9.18 Å². The lowest BCUT2D eigenvalue weighted by Gasteiger charge is -2.46. The molecule has 3 aliphatic heterocycles. The molecule has 0 saturated carbocycles. The average Bonchev–Trinajstić information content (AvgIpc) is 3.34. The summed E-state index contributed by atoms with van der Waals surface area (Å²) < 4.78 is 19.2. The van der Waals surface area contributed by atoms with Crippen molar-refractivity contribution in [1.29, 1.82) is 0 Å². The smallest absolute Gasteiger partial charge is 0.410 e. The Morgan fingerprint density at radius 2 is 1.73 bits per heavy atom. The van der Waals surface area contributed by atoms with Gasteiger partial charge in [0.2, 0.25) is 11.8 Å². The molecular weight excluding hydrogens is 573 g/mol. The predicted molar refractivity (Wildman–Crippen MR) is 172 cm³/mol. The molecule has 0 aliphatic carbocycles. The number of carbonyl (C=O) groups is 3. The van der Waals surface area contributed by atoms with Crippen molar-refractivity contribution in [2.24, 2.45) is 5.41 Å². The number of nitrogens with zero attached hydrogens (tertiary/aromatic N) is 5. The van der Waals surface area contributed by atoms with Crippen LogP contribution in [0.1, 0.15) is 78.6 Å². The van der Waals surface area contributed by atoms with Crippen molar-refractivity contribution in [3.8, 4) is 0 Å². The van der Waals surface area contributed by atoms with E-state index < -0.39 is 5.60 Å². The van der Waals surface area contributed by atoms with Crippen molar-refractivity contribution in [2.45, 2.75) is 91.3 Å². The van der Waals surface area contributed by atoms with E-state index in [1.807, 2.05) is 49.8 Å². The maximum atomic E-state index is 14.2. The van der Waals surface area contributed by atoms with E-state index in [0.29, 0.717) is 45.6 Å². The van der Waals surface area contributed by atoms with Crippen LogP contribution >= 0.6 is 0 Å². The van der Waals surface area contributed by atoms with E-state index in [4.69, 9.17) is 9.72 Å². The summed E-state index contributed by atoms with van der Waals surface area (Å²) in [5, 5.41) is 0. The highest BCUT2D eigenvalue weighted by Gasteiger charge is 2.44. The van der Waals surface area contributed by atoms with Crippen LogP contribution in [0.4, 0.5) is 14.9 Å². The molecule has 0 spiro atoms. The van der Waals surface area contributed by atoms with Gasteiger partial charge >= 0.3 is 6.09 Å². The maximum absolute atomic E-state index is 14.2. The van der Waals surface area contributed by atoms with Gasteiger partial charge in [0.25, 0.3) is 0 Å². The minimum Gasteiger partial charge on any atom is -0.444 e. The highest BCUT2D eigenvalue weighted by atomic mass is 19.1. The van der Waals surface area contributed by atoms with Crippen LogP contribution in [0.2, 0.25) is 0 Å². The number of hydrogen-bond acceptors (Lipinski definition) is 6. The first-order chi connectivity index (χ1) is 20.9. The number of benzene rings is 1. The third-order valence-corrected chi connectivity index (χ3v) is 8.99. The summed E-state index contributed by atoms with van der Waals surface area (Å²) in [5.41, 5.74) is 2.52. The van der Waals surface area contributed by atoms with Crippen LogP contribution in [-0.2, 0) is 26.2 Å². The Hall–Kier alpha value is -3.53. The zero-order valence-corrected chi connectivity index (χ0v) is 28.0. The maximum Gasteiger partial charge on any atom is 0.410 e. The molecule has 1 aromatic heterocycles. The molecule has 4 heterocycles. The second-order valence-electron chi connectivity index (χ2n) is 15.6. The third-order valence-electron chi connectivity index (χ3n) is 8.99. The van der Waals surface area contributed by atoms with Gasteiger partial charge in [-0.3, -0.25) is 19.5 Å². The van der Waals surface area contributed by atoms with Crippen molar-refractivity contribution in [1.82, 2.24) is 19.7 Å². The Morgan fingerprint density at radius 1 is 1.04 bits per heavy atom. The zero-order valence-electron chi connectivity index (χ0n) is 28.0. The molecule has 10 heteroatoms. The van der Waals surface area contributed by atoms with Crippen molar-refractivity contribution < 1.29 is 23.5 Å². The van der Waals surface area contributed by atoms with Crippen LogP contribution in [0, 0.1) is 11.2 Å².